The van der Waals surface area contributed by atoms with Gasteiger partial charge in [0.1, 0.15) is 17.7 Å². The Labute approximate surface area is 176 Å². The molecule has 2 rings (SSSR count). The standard InChI is InChI=1S/C16H16Cl3N2O6P/c1-9(27-28(3,24)25-2)20-14-8-11(4-5-15(14)21(22)23)26-16-12(18)6-10(17)7-13(16)19/h4-9,20H,1-3H3. The molecule has 0 aliphatic rings. The van der Waals surface area contributed by atoms with Crippen molar-refractivity contribution in [3.05, 3.63) is 55.5 Å². The van der Waals surface area contributed by atoms with Crippen LogP contribution in [0.3, 0.4) is 0 Å². The summed E-state index contributed by atoms with van der Waals surface area (Å²) in [4.78, 5) is 10.7. The van der Waals surface area contributed by atoms with E-state index >= 15 is 0 Å². The molecule has 0 amide bonds. The van der Waals surface area contributed by atoms with Gasteiger partial charge in [-0.3, -0.25) is 19.2 Å². The number of hydrogen-bond donors (Lipinski definition) is 1. The van der Waals surface area contributed by atoms with Gasteiger partial charge in [-0.05, 0) is 25.1 Å². The molecule has 152 valence electrons. The van der Waals surface area contributed by atoms with Crippen molar-refractivity contribution < 1.29 is 23.3 Å². The van der Waals surface area contributed by atoms with Gasteiger partial charge in [0.15, 0.2) is 5.75 Å². The molecule has 0 heterocycles. The molecule has 0 bridgehead atoms. The highest BCUT2D eigenvalue weighted by Gasteiger charge is 2.22. The summed E-state index contributed by atoms with van der Waals surface area (Å²) in [6, 6.07) is 6.90. The highest BCUT2D eigenvalue weighted by molar-refractivity contribution is 7.52. The SMILES string of the molecule is COP(C)(=O)OC(C)Nc1cc(Oc2c(Cl)cc(Cl)cc2Cl)ccc1[N+](=O)[O-]. The normalized spacial score (nSPS) is 14.2. The summed E-state index contributed by atoms with van der Waals surface area (Å²) in [6.45, 7) is 2.81. The fourth-order valence-corrected chi connectivity index (χ4v) is 3.78. The van der Waals surface area contributed by atoms with E-state index in [2.05, 4.69) is 5.32 Å². The maximum Gasteiger partial charge on any atom is 0.329 e. The number of nitro groups is 1. The number of anilines is 1. The zero-order valence-corrected chi connectivity index (χ0v) is 18.1. The molecule has 2 atom stereocenters. The minimum Gasteiger partial charge on any atom is -0.454 e. The van der Waals surface area contributed by atoms with Gasteiger partial charge in [0, 0.05) is 30.9 Å². The van der Waals surface area contributed by atoms with Gasteiger partial charge in [-0.25, -0.2) is 0 Å². The summed E-state index contributed by atoms with van der Waals surface area (Å²) in [6.07, 6.45) is -0.854. The van der Waals surface area contributed by atoms with Crippen LogP contribution in [-0.4, -0.2) is 24.9 Å². The molecule has 0 spiro atoms. The third-order valence-corrected chi connectivity index (χ3v) is 5.53. The lowest BCUT2D eigenvalue weighted by Crippen LogP contribution is -2.18. The second kappa shape index (κ2) is 9.31. The second-order valence-corrected chi connectivity index (χ2v) is 8.95. The molecular formula is C16H16Cl3N2O6P. The van der Waals surface area contributed by atoms with E-state index in [1.807, 2.05) is 0 Å². The smallest absolute Gasteiger partial charge is 0.329 e. The maximum atomic E-state index is 11.9. The summed E-state index contributed by atoms with van der Waals surface area (Å²) in [5, 5.41) is 14.8. The Morgan fingerprint density at radius 2 is 1.79 bits per heavy atom. The minimum absolute atomic E-state index is 0.0762. The van der Waals surface area contributed by atoms with E-state index in [9.17, 15) is 14.7 Å². The van der Waals surface area contributed by atoms with Crippen molar-refractivity contribution >= 4 is 53.8 Å². The van der Waals surface area contributed by atoms with Gasteiger partial charge in [0.25, 0.3) is 5.69 Å². The third kappa shape index (κ3) is 5.98. The van der Waals surface area contributed by atoms with Gasteiger partial charge >= 0.3 is 7.60 Å². The van der Waals surface area contributed by atoms with Crippen molar-refractivity contribution in [3.63, 3.8) is 0 Å². The lowest BCUT2D eigenvalue weighted by Gasteiger charge is -2.20. The minimum atomic E-state index is -3.30. The van der Waals surface area contributed by atoms with Crippen LogP contribution in [0, 0.1) is 10.1 Å². The molecule has 0 saturated carbocycles. The largest absolute Gasteiger partial charge is 0.454 e. The second-order valence-electron chi connectivity index (χ2n) is 5.58. The van der Waals surface area contributed by atoms with Gasteiger partial charge in [0.2, 0.25) is 0 Å². The number of nitrogens with one attached hydrogen (secondary N) is 1. The van der Waals surface area contributed by atoms with Crippen LogP contribution in [0.15, 0.2) is 30.3 Å². The van der Waals surface area contributed by atoms with Crippen molar-refractivity contribution in [3.8, 4) is 11.5 Å². The average Bonchev–Trinajstić information content (AvgIpc) is 2.57. The van der Waals surface area contributed by atoms with E-state index in [4.69, 9.17) is 48.6 Å². The molecule has 12 heteroatoms. The highest BCUT2D eigenvalue weighted by Crippen LogP contribution is 2.45. The van der Waals surface area contributed by atoms with Crippen LogP contribution in [-0.2, 0) is 13.6 Å². The predicted octanol–water partition coefficient (Wildman–Crippen LogP) is 6.59. The number of rotatable bonds is 8. The fourth-order valence-electron chi connectivity index (χ4n) is 2.17. The van der Waals surface area contributed by atoms with Crippen molar-refractivity contribution in [1.29, 1.82) is 0 Å². The molecule has 2 aromatic carbocycles. The van der Waals surface area contributed by atoms with Gasteiger partial charge in [-0.15, -0.1) is 0 Å². The quantitative estimate of drug-likeness (QED) is 0.201. The van der Waals surface area contributed by atoms with Crippen LogP contribution >= 0.6 is 42.4 Å². The Morgan fingerprint density at radius 3 is 2.32 bits per heavy atom. The van der Waals surface area contributed by atoms with Crippen molar-refractivity contribution in [2.75, 3.05) is 19.1 Å². The zero-order valence-electron chi connectivity index (χ0n) is 14.9. The average molecular weight is 470 g/mol. The molecule has 0 aliphatic carbocycles. The van der Waals surface area contributed by atoms with E-state index < -0.39 is 18.7 Å². The van der Waals surface area contributed by atoms with Gasteiger partial charge in [-0.1, -0.05) is 34.8 Å². The van der Waals surface area contributed by atoms with Crippen molar-refractivity contribution in [1.82, 2.24) is 0 Å². The Morgan fingerprint density at radius 1 is 1.18 bits per heavy atom. The van der Waals surface area contributed by atoms with Crippen LogP contribution in [0.2, 0.25) is 15.1 Å². The lowest BCUT2D eigenvalue weighted by atomic mass is 10.2. The molecule has 2 unspecified atom stereocenters. The van der Waals surface area contributed by atoms with Gasteiger partial charge in [0.05, 0.1) is 15.0 Å². The number of nitro benzene ring substituents is 1. The predicted molar refractivity (Wildman–Crippen MR) is 109 cm³/mol. The number of halogens is 3. The summed E-state index contributed by atoms with van der Waals surface area (Å²) in [5.41, 5.74) is -0.160. The van der Waals surface area contributed by atoms with E-state index in [0.717, 1.165) is 0 Å². The van der Waals surface area contributed by atoms with Crippen LogP contribution < -0.4 is 10.1 Å². The van der Waals surface area contributed by atoms with Gasteiger partial charge in [-0.2, -0.15) is 0 Å². The van der Waals surface area contributed by atoms with Crippen LogP contribution in [0.25, 0.3) is 0 Å². The summed E-state index contributed by atoms with van der Waals surface area (Å²) in [7, 11) is -2.06. The van der Waals surface area contributed by atoms with Crippen molar-refractivity contribution in [2.45, 2.75) is 13.2 Å². The zero-order chi connectivity index (χ0) is 21.1. The first-order valence-corrected chi connectivity index (χ1v) is 10.8. The Balaban J connectivity index is 2.33. The Kier molecular flexibility index (Phi) is 7.56. The molecule has 0 aliphatic heterocycles. The number of hydrogen-bond acceptors (Lipinski definition) is 7. The summed E-state index contributed by atoms with van der Waals surface area (Å²) < 4.78 is 27.6. The molecular weight excluding hydrogens is 454 g/mol. The van der Waals surface area contributed by atoms with Crippen LogP contribution in [0.5, 0.6) is 11.5 Å². The molecule has 0 aromatic heterocycles. The highest BCUT2D eigenvalue weighted by atomic mass is 35.5. The number of benzene rings is 2. The summed E-state index contributed by atoms with van der Waals surface area (Å²) >= 11 is 18.1. The monoisotopic (exact) mass is 468 g/mol. The Bertz CT molecular complexity index is 920. The van der Waals surface area contributed by atoms with Crippen LogP contribution in [0.4, 0.5) is 11.4 Å². The third-order valence-electron chi connectivity index (χ3n) is 3.39. The van der Waals surface area contributed by atoms with E-state index in [-0.39, 0.29) is 32.9 Å². The lowest BCUT2D eigenvalue weighted by molar-refractivity contribution is -0.384. The maximum absolute atomic E-state index is 11.9. The van der Waals surface area contributed by atoms with E-state index in [1.165, 1.54) is 51.0 Å². The summed E-state index contributed by atoms with van der Waals surface area (Å²) in [5.74, 6) is 0.368. The molecule has 2 aromatic rings. The molecule has 1 N–H and O–H groups in total. The van der Waals surface area contributed by atoms with Gasteiger partial charge < -0.3 is 14.6 Å². The van der Waals surface area contributed by atoms with Crippen LogP contribution in [0.1, 0.15) is 6.92 Å². The van der Waals surface area contributed by atoms with E-state index in [1.54, 1.807) is 0 Å². The fraction of sp³-hybridized carbons (Fsp3) is 0.250. The molecule has 8 nitrogen and oxygen atoms in total. The topological polar surface area (TPSA) is 99.9 Å². The number of ether oxygens (including phenoxy) is 1. The molecule has 28 heavy (non-hydrogen) atoms. The Hall–Kier alpha value is -1.54. The van der Waals surface area contributed by atoms with E-state index in [0.29, 0.717) is 5.02 Å². The molecule has 0 fully saturated rings. The van der Waals surface area contributed by atoms with Crippen molar-refractivity contribution in [2.24, 2.45) is 0 Å². The molecule has 0 radical (unpaired) electrons. The first-order valence-electron chi connectivity index (χ1n) is 7.71. The number of nitrogens with zero attached hydrogens (tertiary/aromatic N) is 1. The first-order chi connectivity index (χ1) is 13.0. The first kappa shape index (κ1) is 22.7. The molecule has 0 saturated heterocycles.